The molecule has 1 aromatic heterocycles. The summed E-state index contributed by atoms with van der Waals surface area (Å²) < 4.78 is 14.4. The minimum atomic E-state index is 0.00578. The Labute approximate surface area is 206 Å². The van der Waals surface area contributed by atoms with Crippen molar-refractivity contribution < 1.29 is 14.3 Å². The van der Waals surface area contributed by atoms with E-state index in [2.05, 4.69) is 60.3 Å². The van der Waals surface area contributed by atoms with Crippen molar-refractivity contribution >= 4 is 21.7 Å². The normalized spacial score (nSPS) is 20.4. The number of Topliss-reactive ketones (excluding diaryl/α,β-unsaturated/α-hetero) is 1. The first-order valence-electron chi connectivity index (χ1n) is 12.3. The van der Waals surface area contributed by atoms with Crippen molar-refractivity contribution in [2.24, 2.45) is 17.3 Å². The molecule has 0 radical (unpaired) electrons. The number of carbonyl (C=O) groups excluding carboxylic acids is 1. The van der Waals surface area contributed by atoms with E-state index in [1.807, 2.05) is 0 Å². The number of aromatic nitrogens is 2. The lowest BCUT2D eigenvalue weighted by atomic mass is 9.82. The minimum absolute atomic E-state index is 0.00578. The maximum absolute atomic E-state index is 13.7. The minimum Gasteiger partial charge on any atom is -0.496 e. The fraction of sp³-hybridized carbons (Fsp3) is 0.630. The average Bonchev–Trinajstić information content (AvgIpc) is 3.14. The van der Waals surface area contributed by atoms with Gasteiger partial charge in [-0.05, 0) is 95.5 Å². The molecule has 0 aliphatic carbocycles. The molecule has 2 aromatic rings. The number of carbonyl (C=O) groups is 1. The molecule has 3 heterocycles. The summed E-state index contributed by atoms with van der Waals surface area (Å²) >= 11 is 3.68. The topological polar surface area (TPSA) is 53.4 Å². The molecule has 1 unspecified atom stereocenters. The third kappa shape index (κ3) is 5.22. The molecule has 1 saturated heterocycles. The number of hydrogen-bond acceptors (Lipinski definition) is 4. The molecule has 2 aliphatic rings. The Morgan fingerprint density at radius 2 is 2.09 bits per heavy atom. The number of benzene rings is 1. The average molecular weight is 518 g/mol. The highest BCUT2D eigenvalue weighted by molar-refractivity contribution is 9.10. The van der Waals surface area contributed by atoms with Crippen molar-refractivity contribution in [3.8, 4) is 11.4 Å². The van der Waals surface area contributed by atoms with E-state index >= 15 is 0 Å². The van der Waals surface area contributed by atoms with Gasteiger partial charge in [0.05, 0.1) is 25.1 Å². The molecule has 4 rings (SSSR count). The van der Waals surface area contributed by atoms with Crippen LogP contribution >= 0.6 is 15.9 Å². The molecule has 0 saturated carbocycles. The molecule has 0 spiro atoms. The van der Waals surface area contributed by atoms with Gasteiger partial charge in [0.1, 0.15) is 11.4 Å². The summed E-state index contributed by atoms with van der Waals surface area (Å²) in [6.45, 7) is 10.4. The van der Waals surface area contributed by atoms with Gasteiger partial charge in [-0.2, -0.15) is 0 Å². The number of methoxy groups -OCH3 is 1. The van der Waals surface area contributed by atoms with Crippen molar-refractivity contribution in [2.75, 3.05) is 20.3 Å². The lowest BCUT2D eigenvalue weighted by molar-refractivity contribution is 0.0606. The summed E-state index contributed by atoms with van der Waals surface area (Å²) in [5, 5.41) is 0. The number of rotatable bonds is 5. The van der Waals surface area contributed by atoms with Gasteiger partial charge in [-0.25, -0.2) is 4.98 Å². The zero-order chi connectivity index (χ0) is 23.8. The van der Waals surface area contributed by atoms with Crippen LogP contribution in [0.5, 0.6) is 5.75 Å². The number of fused-ring (bicyclic) bond motifs is 3. The number of imidazole rings is 1. The summed E-state index contributed by atoms with van der Waals surface area (Å²) in [6.07, 6.45) is 6.31. The first kappa shape index (κ1) is 24.5. The van der Waals surface area contributed by atoms with E-state index in [-0.39, 0.29) is 17.1 Å². The van der Waals surface area contributed by atoms with Crippen LogP contribution in [0.15, 0.2) is 16.9 Å². The molecule has 6 heteroatoms. The fourth-order valence-corrected chi connectivity index (χ4v) is 5.80. The highest BCUT2D eigenvalue weighted by Crippen LogP contribution is 2.37. The van der Waals surface area contributed by atoms with Gasteiger partial charge >= 0.3 is 0 Å². The van der Waals surface area contributed by atoms with Gasteiger partial charge in [0.15, 0.2) is 10.5 Å². The molecule has 0 bridgehead atoms. The van der Waals surface area contributed by atoms with Crippen LogP contribution in [0.3, 0.4) is 0 Å². The lowest BCUT2D eigenvalue weighted by Gasteiger charge is -2.25. The van der Waals surface area contributed by atoms with E-state index in [9.17, 15) is 4.79 Å². The van der Waals surface area contributed by atoms with Crippen molar-refractivity contribution in [3.63, 3.8) is 0 Å². The van der Waals surface area contributed by atoms with Crippen molar-refractivity contribution in [2.45, 2.75) is 72.6 Å². The van der Waals surface area contributed by atoms with Crippen LogP contribution in [0.4, 0.5) is 0 Å². The number of halogens is 1. The van der Waals surface area contributed by atoms with E-state index < -0.39 is 0 Å². The Hall–Kier alpha value is -1.66. The molecule has 2 aliphatic heterocycles. The predicted molar refractivity (Wildman–Crippen MR) is 135 cm³/mol. The van der Waals surface area contributed by atoms with Gasteiger partial charge in [-0.1, -0.05) is 27.7 Å². The van der Waals surface area contributed by atoms with Gasteiger partial charge in [0, 0.05) is 12.5 Å². The lowest BCUT2D eigenvalue weighted by Crippen LogP contribution is -2.23. The van der Waals surface area contributed by atoms with Gasteiger partial charge in [0.2, 0.25) is 0 Å². The monoisotopic (exact) mass is 516 g/mol. The van der Waals surface area contributed by atoms with Gasteiger partial charge < -0.3 is 9.47 Å². The van der Waals surface area contributed by atoms with Crippen LogP contribution in [-0.4, -0.2) is 35.7 Å². The Balaban J connectivity index is 1.69. The highest BCUT2D eigenvalue weighted by atomic mass is 79.9. The SMILES string of the molecule is COc1cc2c(cc1CC(C)C)-n1c(Br)nc(C(=O)C3CCCOCC(C)(C)CC3)c1CC2. The van der Waals surface area contributed by atoms with Crippen molar-refractivity contribution in [1.82, 2.24) is 9.55 Å². The molecular formula is C27H37BrN2O3. The fourth-order valence-electron chi connectivity index (χ4n) is 5.22. The number of ether oxygens (including phenoxy) is 2. The summed E-state index contributed by atoms with van der Waals surface area (Å²) in [7, 11) is 1.74. The largest absolute Gasteiger partial charge is 0.496 e. The summed E-state index contributed by atoms with van der Waals surface area (Å²) in [5.74, 6) is 1.68. The quantitative estimate of drug-likeness (QED) is 0.434. The zero-order valence-corrected chi connectivity index (χ0v) is 22.3. The van der Waals surface area contributed by atoms with E-state index in [1.165, 1.54) is 11.1 Å². The molecule has 0 amide bonds. The second-order valence-electron chi connectivity index (χ2n) is 10.9. The number of nitrogens with zero attached hydrogens (tertiary/aromatic N) is 2. The number of aryl methyl sites for hydroxylation is 1. The summed E-state index contributed by atoms with van der Waals surface area (Å²) in [6, 6.07) is 4.40. The molecule has 1 atom stereocenters. The van der Waals surface area contributed by atoms with Gasteiger partial charge in [-0.3, -0.25) is 9.36 Å². The van der Waals surface area contributed by atoms with Crippen LogP contribution in [0.1, 0.15) is 80.7 Å². The second kappa shape index (κ2) is 9.91. The Morgan fingerprint density at radius 3 is 2.82 bits per heavy atom. The number of hydrogen-bond donors (Lipinski definition) is 0. The number of ketones is 1. The molecule has 1 aromatic carbocycles. The first-order valence-corrected chi connectivity index (χ1v) is 13.1. The van der Waals surface area contributed by atoms with Crippen LogP contribution in [0.2, 0.25) is 0 Å². The standard InChI is InChI=1S/C27H37BrN2O3/c1-17(2)13-20-14-22-19(15-23(20)32-5)8-9-21-24(29-26(28)30(21)22)25(31)18-7-6-12-33-16-27(3,4)11-10-18/h14-15,17-18H,6-13,16H2,1-5H3. The zero-order valence-electron chi connectivity index (χ0n) is 20.7. The molecular weight excluding hydrogens is 480 g/mol. The van der Waals surface area contributed by atoms with E-state index in [1.54, 1.807) is 7.11 Å². The van der Waals surface area contributed by atoms with Crippen LogP contribution < -0.4 is 4.74 Å². The molecule has 0 N–H and O–H groups in total. The Kier molecular flexibility index (Phi) is 7.35. The maximum Gasteiger partial charge on any atom is 0.186 e. The Bertz CT molecular complexity index is 1020. The van der Waals surface area contributed by atoms with E-state index in [0.29, 0.717) is 16.3 Å². The van der Waals surface area contributed by atoms with E-state index in [0.717, 1.165) is 75.3 Å². The highest BCUT2D eigenvalue weighted by Gasteiger charge is 2.32. The third-order valence-electron chi connectivity index (χ3n) is 7.02. The van der Waals surface area contributed by atoms with Gasteiger partial charge in [0.25, 0.3) is 0 Å². The maximum atomic E-state index is 13.7. The Morgan fingerprint density at radius 1 is 1.30 bits per heavy atom. The van der Waals surface area contributed by atoms with Crippen LogP contribution in [0, 0.1) is 17.3 Å². The predicted octanol–water partition coefficient (Wildman–Crippen LogP) is 6.36. The van der Waals surface area contributed by atoms with Crippen LogP contribution in [-0.2, 0) is 24.0 Å². The smallest absolute Gasteiger partial charge is 0.186 e. The second-order valence-corrected chi connectivity index (χ2v) is 11.6. The molecule has 33 heavy (non-hydrogen) atoms. The molecule has 180 valence electrons. The third-order valence-corrected chi connectivity index (χ3v) is 7.55. The molecule has 1 fully saturated rings. The van der Waals surface area contributed by atoms with Crippen molar-refractivity contribution in [1.29, 1.82) is 0 Å². The molecule has 5 nitrogen and oxygen atoms in total. The van der Waals surface area contributed by atoms with Crippen molar-refractivity contribution in [3.05, 3.63) is 39.4 Å². The summed E-state index contributed by atoms with van der Waals surface area (Å²) in [5.41, 5.74) is 5.35. The van der Waals surface area contributed by atoms with Gasteiger partial charge in [-0.15, -0.1) is 0 Å². The van der Waals surface area contributed by atoms with Crippen LogP contribution in [0.25, 0.3) is 5.69 Å². The summed E-state index contributed by atoms with van der Waals surface area (Å²) in [4.78, 5) is 18.5. The first-order chi connectivity index (χ1) is 15.7. The van der Waals surface area contributed by atoms with E-state index in [4.69, 9.17) is 14.5 Å².